The average Bonchev–Trinajstić information content (AvgIpc) is 2.90. The quantitative estimate of drug-likeness (QED) is 0.827. The number of benzene rings is 1. The van der Waals surface area contributed by atoms with E-state index >= 15 is 0 Å². The number of ether oxygens (including phenoxy) is 1. The summed E-state index contributed by atoms with van der Waals surface area (Å²) >= 11 is 0. The molecule has 1 saturated heterocycles. The minimum Gasteiger partial charge on any atom is -0.381 e. The smallest absolute Gasteiger partial charge is 0.212 e. The van der Waals surface area contributed by atoms with Crippen LogP contribution in [0.15, 0.2) is 30.3 Å². The lowest BCUT2D eigenvalue weighted by Gasteiger charge is -2.31. The second-order valence-electron chi connectivity index (χ2n) is 6.24. The summed E-state index contributed by atoms with van der Waals surface area (Å²) < 4.78 is 32.8. The Labute approximate surface area is 133 Å². The van der Waals surface area contributed by atoms with E-state index in [2.05, 4.69) is 4.72 Å². The molecule has 0 bridgehead atoms. The van der Waals surface area contributed by atoms with Crippen molar-refractivity contribution in [2.75, 3.05) is 33.1 Å². The van der Waals surface area contributed by atoms with Crippen LogP contribution in [-0.4, -0.2) is 52.4 Å². The minimum absolute atomic E-state index is 0.00389. The molecular weight excluding hydrogens is 300 g/mol. The van der Waals surface area contributed by atoms with E-state index in [1.807, 2.05) is 56.3 Å². The highest BCUT2D eigenvalue weighted by Gasteiger charge is 2.28. The second-order valence-corrected chi connectivity index (χ2v) is 8.04. The molecule has 0 unspecified atom stereocenters. The van der Waals surface area contributed by atoms with Crippen molar-refractivity contribution in [3.05, 3.63) is 35.9 Å². The van der Waals surface area contributed by atoms with Crippen LogP contribution in [0.5, 0.6) is 0 Å². The number of sulfonamides is 1. The molecule has 1 aromatic carbocycles. The van der Waals surface area contributed by atoms with E-state index in [9.17, 15) is 8.42 Å². The van der Waals surface area contributed by atoms with Crippen LogP contribution in [0.3, 0.4) is 0 Å². The van der Waals surface area contributed by atoms with Gasteiger partial charge in [0.25, 0.3) is 0 Å². The topological polar surface area (TPSA) is 58.6 Å². The summed E-state index contributed by atoms with van der Waals surface area (Å²) in [5, 5.41) is 0. The van der Waals surface area contributed by atoms with Crippen molar-refractivity contribution in [1.29, 1.82) is 0 Å². The summed E-state index contributed by atoms with van der Waals surface area (Å²) in [5.74, 6) is 0.256. The van der Waals surface area contributed by atoms with Gasteiger partial charge >= 0.3 is 0 Å². The van der Waals surface area contributed by atoms with Gasteiger partial charge in [0.2, 0.25) is 10.0 Å². The fraction of sp³-hybridized carbons (Fsp3) is 0.625. The summed E-state index contributed by atoms with van der Waals surface area (Å²) in [4.78, 5) is 2.04. The Balaban J connectivity index is 2.06. The number of nitrogens with one attached hydrogen (secondary N) is 1. The molecule has 1 heterocycles. The van der Waals surface area contributed by atoms with Crippen molar-refractivity contribution < 1.29 is 13.2 Å². The zero-order valence-corrected chi connectivity index (χ0v) is 14.3. The first-order valence-corrected chi connectivity index (χ1v) is 9.33. The van der Waals surface area contributed by atoms with Gasteiger partial charge in [0, 0.05) is 12.6 Å². The zero-order chi connectivity index (χ0) is 16.2. The first-order chi connectivity index (χ1) is 10.4. The number of rotatable bonds is 7. The Morgan fingerprint density at radius 3 is 2.55 bits per heavy atom. The molecule has 0 aromatic heterocycles. The molecule has 2 rings (SSSR count). The fourth-order valence-electron chi connectivity index (χ4n) is 3.11. The Morgan fingerprint density at radius 1 is 1.32 bits per heavy atom. The summed E-state index contributed by atoms with van der Waals surface area (Å²) in [5.41, 5.74) is 1.10. The fourth-order valence-corrected chi connectivity index (χ4v) is 4.78. The lowest BCUT2D eigenvalue weighted by molar-refractivity contribution is 0.188. The Morgan fingerprint density at radius 2 is 2.00 bits per heavy atom. The van der Waals surface area contributed by atoms with Crippen LogP contribution in [0.1, 0.15) is 24.9 Å². The Hall–Kier alpha value is -0.950. The van der Waals surface area contributed by atoms with Gasteiger partial charge in [-0.2, -0.15) is 0 Å². The van der Waals surface area contributed by atoms with Gasteiger partial charge in [-0.05, 0) is 38.9 Å². The van der Waals surface area contributed by atoms with Crippen molar-refractivity contribution in [3.63, 3.8) is 0 Å². The van der Waals surface area contributed by atoms with Crippen LogP contribution in [0.2, 0.25) is 0 Å². The van der Waals surface area contributed by atoms with Gasteiger partial charge in [-0.3, -0.25) is 0 Å². The van der Waals surface area contributed by atoms with Crippen LogP contribution in [0.4, 0.5) is 0 Å². The van der Waals surface area contributed by atoms with Crippen molar-refractivity contribution in [1.82, 2.24) is 9.62 Å². The summed E-state index contributed by atoms with van der Waals surface area (Å²) in [6, 6.07) is 9.76. The minimum atomic E-state index is -3.31. The molecule has 0 aliphatic carbocycles. The number of likely N-dealkylation sites (N-methyl/N-ethyl adjacent to an activating group) is 1. The molecule has 0 amide bonds. The molecule has 124 valence electrons. The van der Waals surface area contributed by atoms with Crippen LogP contribution in [0.25, 0.3) is 0 Å². The standard InChI is InChI=1S/C16H26N2O3S/c1-13(16(18(2)3)15-7-5-4-6-8-15)17-22(19,20)12-14-9-10-21-11-14/h4-8,13-14,16-17H,9-12H2,1-3H3/t13-,14-,16-/m0/s1. The van der Waals surface area contributed by atoms with Crippen molar-refractivity contribution >= 4 is 10.0 Å². The maximum absolute atomic E-state index is 12.4. The molecule has 1 aromatic rings. The molecule has 1 N–H and O–H groups in total. The van der Waals surface area contributed by atoms with Crippen LogP contribution < -0.4 is 4.72 Å². The molecular formula is C16H26N2O3S. The Kier molecular flexibility index (Phi) is 5.97. The third-order valence-corrected chi connectivity index (χ3v) is 5.66. The SMILES string of the molecule is C[C@H](NS(=O)(=O)C[C@H]1CCOC1)[C@@H](c1ccccc1)N(C)C. The zero-order valence-electron chi connectivity index (χ0n) is 13.5. The molecule has 5 nitrogen and oxygen atoms in total. The van der Waals surface area contributed by atoms with Crippen LogP contribution in [0, 0.1) is 5.92 Å². The van der Waals surface area contributed by atoms with Gasteiger partial charge in [0.05, 0.1) is 18.4 Å². The van der Waals surface area contributed by atoms with E-state index in [4.69, 9.17) is 4.74 Å². The van der Waals surface area contributed by atoms with Crippen LogP contribution >= 0.6 is 0 Å². The lowest BCUT2D eigenvalue weighted by atomic mass is 10.0. The van der Waals surface area contributed by atoms with E-state index < -0.39 is 10.0 Å². The van der Waals surface area contributed by atoms with E-state index in [0.29, 0.717) is 13.2 Å². The molecule has 0 radical (unpaired) electrons. The predicted octanol–water partition coefficient (Wildman–Crippen LogP) is 1.63. The van der Waals surface area contributed by atoms with E-state index in [1.165, 1.54) is 0 Å². The molecule has 3 atom stereocenters. The van der Waals surface area contributed by atoms with E-state index in [0.717, 1.165) is 12.0 Å². The summed E-state index contributed by atoms with van der Waals surface area (Å²) in [6.07, 6.45) is 0.824. The largest absolute Gasteiger partial charge is 0.381 e. The van der Waals surface area contributed by atoms with Crippen molar-refractivity contribution in [2.24, 2.45) is 5.92 Å². The van der Waals surface area contributed by atoms with Gasteiger partial charge in [-0.15, -0.1) is 0 Å². The molecule has 0 saturated carbocycles. The number of hydrogen-bond donors (Lipinski definition) is 1. The molecule has 22 heavy (non-hydrogen) atoms. The number of hydrogen-bond acceptors (Lipinski definition) is 4. The Bertz CT molecular complexity index is 554. The average molecular weight is 326 g/mol. The highest BCUT2D eigenvalue weighted by molar-refractivity contribution is 7.89. The van der Waals surface area contributed by atoms with Crippen molar-refractivity contribution in [2.45, 2.75) is 25.4 Å². The maximum atomic E-state index is 12.4. The van der Waals surface area contributed by atoms with Gasteiger partial charge in [-0.1, -0.05) is 30.3 Å². The molecule has 1 aliphatic heterocycles. The normalized spacial score (nSPS) is 21.9. The molecule has 1 fully saturated rings. The summed E-state index contributed by atoms with van der Waals surface area (Å²) in [7, 11) is 0.624. The molecule has 6 heteroatoms. The highest BCUT2D eigenvalue weighted by atomic mass is 32.2. The van der Waals surface area contributed by atoms with Gasteiger partial charge in [-0.25, -0.2) is 13.1 Å². The van der Waals surface area contributed by atoms with E-state index in [-0.39, 0.29) is 23.8 Å². The van der Waals surface area contributed by atoms with Gasteiger partial charge in [0.1, 0.15) is 0 Å². The van der Waals surface area contributed by atoms with E-state index in [1.54, 1.807) is 0 Å². The monoisotopic (exact) mass is 326 g/mol. The first-order valence-electron chi connectivity index (χ1n) is 7.68. The first kappa shape index (κ1) is 17.4. The van der Waals surface area contributed by atoms with Crippen molar-refractivity contribution in [3.8, 4) is 0 Å². The van der Waals surface area contributed by atoms with Gasteiger partial charge < -0.3 is 9.64 Å². The number of nitrogens with zero attached hydrogens (tertiary/aromatic N) is 1. The van der Waals surface area contributed by atoms with Gasteiger partial charge in [0.15, 0.2) is 0 Å². The predicted molar refractivity (Wildman–Crippen MR) is 88.2 cm³/mol. The summed E-state index contributed by atoms with van der Waals surface area (Å²) in [6.45, 7) is 3.13. The third kappa shape index (κ3) is 4.78. The van der Waals surface area contributed by atoms with Crippen LogP contribution in [-0.2, 0) is 14.8 Å². The molecule has 0 spiro atoms. The lowest BCUT2D eigenvalue weighted by Crippen LogP contribution is -2.44. The second kappa shape index (κ2) is 7.55. The highest BCUT2D eigenvalue weighted by Crippen LogP contribution is 2.23. The molecule has 1 aliphatic rings. The maximum Gasteiger partial charge on any atom is 0.212 e. The third-order valence-electron chi connectivity index (χ3n) is 4.02.